The molecule has 0 aromatic carbocycles. The Kier molecular flexibility index (Phi) is 9.07. The third-order valence-electron chi connectivity index (χ3n) is 6.78. The second kappa shape index (κ2) is 12.0. The Hall–Kier alpha value is -3.07. The topological polar surface area (TPSA) is 130 Å². The third kappa shape index (κ3) is 7.42. The number of thiophene rings is 1. The Bertz CT molecular complexity index is 1320. The van der Waals surface area contributed by atoms with E-state index in [9.17, 15) is 27.6 Å². The van der Waals surface area contributed by atoms with Gasteiger partial charge >= 0.3 is 6.18 Å². The van der Waals surface area contributed by atoms with Gasteiger partial charge in [-0.2, -0.15) is 18.3 Å². The molecule has 3 N–H and O–H groups in total. The van der Waals surface area contributed by atoms with Crippen LogP contribution in [0.25, 0.3) is 0 Å². The summed E-state index contributed by atoms with van der Waals surface area (Å²) in [6.45, 7) is 1.21. The van der Waals surface area contributed by atoms with Crippen molar-refractivity contribution >= 4 is 46.4 Å². The number of nitrogens with zero attached hydrogens (tertiary/aromatic N) is 4. The molecule has 10 nitrogen and oxygen atoms in total. The number of pyridine rings is 1. The first kappa shape index (κ1) is 30.9. The maximum absolute atomic E-state index is 13.7. The van der Waals surface area contributed by atoms with Crippen molar-refractivity contribution < 1.29 is 32.3 Å². The Balaban J connectivity index is 1.55. The summed E-state index contributed by atoms with van der Waals surface area (Å²) in [6.07, 6.45) is -3.07. The minimum Gasteiger partial charge on any atom is -0.373 e. The van der Waals surface area contributed by atoms with Crippen LogP contribution in [0.1, 0.15) is 30.8 Å². The van der Waals surface area contributed by atoms with Crippen LogP contribution in [0.5, 0.6) is 0 Å². The van der Waals surface area contributed by atoms with Gasteiger partial charge in [-0.1, -0.05) is 17.7 Å². The van der Waals surface area contributed by atoms with E-state index < -0.39 is 47.4 Å². The number of rotatable bonds is 10. The van der Waals surface area contributed by atoms with Gasteiger partial charge < -0.3 is 20.7 Å². The number of piperidine rings is 1. The quantitative estimate of drug-likeness (QED) is 0.423. The van der Waals surface area contributed by atoms with Crippen LogP contribution in [0.4, 0.5) is 13.2 Å². The summed E-state index contributed by atoms with van der Waals surface area (Å²) in [4.78, 5) is 46.2. The fraction of sp³-hybridized carbons (Fsp3) is 0.500. The molecule has 1 fully saturated rings. The summed E-state index contributed by atoms with van der Waals surface area (Å²) in [7, 11) is 0. The van der Waals surface area contributed by atoms with E-state index in [1.807, 2.05) is 0 Å². The Morgan fingerprint density at radius 3 is 2.68 bits per heavy atom. The molecule has 0 unspecified atom stereocenters. The first-order valence-corrected chi connectivity index (χ1v) is 14.0. The molecule has 4 heterocycles. The van der Waals surface area contributed by atoms with Gasteiger partial charge in [0, 0.05) is 35.1 Å². The summed E-state index contributed by atoms with van der Waals surface area (Å²) < 4.78 is 45.5. The number of alkyl halides is 3. The summed E-state index contributed by atoms with van der Waals surface area (Å²) in [5.41, 5.74) is 3.90. The van der Waals surface area contributed by atoms with Crippen molar-refractivity contribution in [2.24, 2.45) is 16.3 Å². The highest BCUT2D eigenvalue weighted by molar-refractivity contribution is 7.10. The standard InChI is InChI=1S/C26H30ClF3N6O4S/c1-24(2,31)22(38)33-19(13-40-12-18-9-16(27)14-41-18)21(37)35-8-6-25(10-17-5-3-4-7-32-17)20(11-35)34-36(23(25)39)15-26(28,29)30/h3-5,7,9,14,19H,6,8,10-13,15,31H2,1-2H3,(H,33,38)/t19-,25-/m1/s1. The van der Waals surface area contributed by atoms with Gasteiger partial charge in [0.15, 0.2) is 0 Å². The molecule has 0 spiro atoms. The largest absolute Gasteiger partial charge is 0.408 e. The molecule has 2 aromatic rings. The average Bonchev–Trinajstić information content (AvgIpc) is 3.42. The van der Waals surface area contributed by atoms with Gasteiger partial charge in [-0.25, -0.2) is 5.01 Å². The van der Waals surface area contributed by atoms with E-state index in [0.29, 0.717) is 15.7 Å². The van der Waals surface area contributed by atoms with Crippen LogP contribution in [-0.4, -0.2) is 82.3 Å². The van der Waals surface area contributed by atoms with Crippen molar-refractivity contribution in [1.82, 2.24) is 20.2 Å². The molecule has 0 bridgehead atoms. The molecular formula is C26H30ClF3N6O4S. The lowest BCUT2D eigenvalue weighted by molar-refractivity contribution is -0.163. The van der Waals surface area contributed by atoms with Crippen LogP contribution < -0.4 is 11.1 Å². The van der Waals surface area contributed by atoms with Crippen molar-refractivity contribution in [3.05, 3.63) is 51.4 Å². The molecule has 0 aliphatic carbocycles. The molecule has 2 atom stereocenters. The van der Waals surface area contributed by atoms with Gasteiger partial charge in [-0.05, 0) is 38.5 Å². The number of aromatic nitrogens is 1. The van der Waals surface area contributed by atoms with Gasteiger partial charge in [0.2, 0.25) is 11.8 Å². The lowest BCUT2D eigenvalue weighted by Gasteiger charge is -2.39. The molecule has 4 rings (SSSR count). The van der Waals surface area contributed by atoms with Crippen LogP contribution in [0, 0.1) is 5.41 Å². The highest BCUT2D eigenvalue weighted by Crippen LogP contribution is 2.40. The number of nitrogens with one attached hydrogen (secondary N) is 1. The first-order chi connectivity index (χ1) is 19.2. The summed E-state index contributed by atoms with van der Waals surface area (Å²) in [5, 5.41) is 9.39. The van der Waals surface area contributed by atoms with Gasteiger partial charge in [0.1, 0.15) is 18.0 Å². The SMILES string of the molecule is CC(C)(N)C(=O)N[C@H](COCc1cc(Cl)cs1)C(=O)N1CC[C@]2(Cc3ccccn3)C(=O)N(CC(F)(F)F)N=C2C1. The number of hydrogen-bond donors (Lipinski definition) is 2. The van der Waals surface area contributed by atoms with Gasteiger partial charge in [0.05, 0.1) is 36.0 Å². The molecule has 0 saturated carbocycles. The molecule has 2 aliphatic heterocycles. The number of carbonyl (C=O) groups excluding carboxylic acids is 3. The van der Waals surface area contributed by atoms with Crippen molar-refractivity contribution in [3.8, 4) is 0 Å². The maximum atomic E-state index is 13.7. The van der Waals surface area contributed by atoms with E-state index in [2.05, 4.69) is 15.4 Å². The van der Waals surface area contributed by atoms with Gasteiger partial charge in [0.25, 0.3) is 5.91 Å². The normalized spacial score (nSPS) is 20.1. The third-order valence-corrected chi connectivity index (χ3v) is 8.03. The minimum absolute atomic E-state index is 0.0267. The zero-order valence-corrected chi connectivity index (χ0v) is 24.0. The number of likely N-dealkylation sites (tertiary alicyclic amines) is 1. The summed E-state index contributed by atoms with van der Waals surface area (Å²) in [5.74, 6) is -1.91. The molecule has 3 amide bonds. The van der Waals surface area contributed by atoms with Crippen molar-refractivity contribution in [3.63, 3.8) is 0 Å². The second-order valence-corrected chi connectivity index (χ2v) is 12.0. The molecule has 2 aliphatic rings. The summed E-state index contributed by atoms with van der Waals surface area (Å²) in [6, 6.07) is 5.67. The summed E-state index contributed by atoms with van der Waals surface area (Å²) >= 11 is 7.33. The van der Waals surface area contributed by atoms with E-state index in [1.54, 1.807) is 29.6 Å². The fourth-order valence-electron chi connectivity index (χ4n) is 4.67. The van der Waals surface area contributed by atoms with E-state index in [1.165, 1.54) is 36.3 Å². The van der Waals surface area contributed by atoms with Crippen LogP contribution in [0.2, 0.25) is 5.02 Å². The lowest BCUT2D eigenvalue weighted by Crippen LogP contribution is -2.60. The highest BCUT2D eigenvalue weighted by atomic mass is 35.5. The number of fused-ring (bicyclic) bond motifs is 1. The minimum atomic E-state index is -4.66. The predicted octanol–water partition coefficient (Wildman–Crippen LogP) is 2.76. The molecule has 15 heteroatoms. The lowest BCUT2D eigenvalue weighted by atomic mass is 9.73. The fourth-order valence-corrected chi connectivity index (χ4v) is 5.67. The van der Waals surface area contributed by atoms with Crippen molar-refractivity contribution in [2.45, 2.75) is 51.1 Å². The highest BCUT2D eigenvalue weighted by Gasteiger charge is 2.55. The molecule has 0 radical (unpaired) electrons. The van der Waals surface area contributed by atoms with Crippen LogP contribution in [0.15, 0.2) is 40.9 Å². The van der Waals surface area contributed by atoms with Crippen molar-refractivity contribution in [2.75, 3.05) is 26.2 Å². The van der Waals surface area contributed by atoms with Gasteiger partial charge in [-0.15, -0.1) is 11.3 Å². The van der Waals surface area contributed by atoms with Gasteiger partial charge in [-0.3, -0.25) is 19.4 Å². The first-order valence-electron chi connectivity index (χ1n) is 12.7. The van der Waals surface area contributed by atoms with E-state index in [0.717, 1.165) is 4.88 Å². The molecule has 2 aromatic heterocycles. The zero-order valence-electron chi connectivity index (χ0n) is 22.4. The molecule has 1 saturated heterocycles. The Morgan fingerprint density at radius 1 is 1.32 bits per heavy atom. The Morgan fingerprint density at radius 2 is 2.07 bits per heavy atom. The number of nitrogens with two attached hydrogens (primary N) is 1. The monoisotopic (exact) mass is 614 g/mol. The number of halogens is 4. The number of amides is 3. The van der Waals surface area contributed by atoms with E-state index in [4.69, 9.17) is 22.1 Å². The maximum Gasteiger partial charge on any atom is 0.408 e. The van der Waals surface area contributed by atoms with Crippen LogP contribution >= 0.6 is 22.9 Å². The van der Waals surface area contributed by atoms with Crippen molar-refractivity contribution in [1.29, 1.82) is 0 Å². The Labute approximate surface area is 243 Å². The number of ether oxygens (including phenoxy) is 1. The predicted molar refractivity (Wildman–Crippen MR) is 146 cm³/mol. The number of carbonyl (C=O) groups is 3. The zero-order chi connectivity index (χ0) is 30.0. The van der Waals surface area contributed by atoms with E-state index in [-0.39, 0.29) is 44.9 Å². The molecule has 41 heavy (non-hydrogen) atoms. The number of hydrogen-bond acceptors (Lipinski definition) is 8. The smallest absolute Gasteiger partial charge is 0.373 e. The number of hydrazone groups is 1. The van der Waals surface area contributed by atoms with Crippen LogP contribution in [-0.2, 0) is 32.1 Å². The molecule has 222 valence electrons. The van der Waals surface area contributed by atoms with Crippen LogP contribution in [0.3, 0.4) is 0 Å². The molecular weight excluding hydrogens is 585 g/mol. The average molecular weight is 615 g/mol. The second-order valence-electron chi connectivity index (χ2n) is 10.6. The van der Waals surface area contributed by atoms with E-state index >= 15 is 0 Å².